The van der Waals surface area contributed by atoms with E-state index in [2.05, 4.69) is 29.5 Å². The fourth-order valence-corrected chi connectivity index (χ4v) is 2.49. The first kappa shape index (κ1) is 13.1. The maximum Gasteiger partial charge on any atom is 0.238 e. The summed E-state index contributed by atoms with van der Waals surface area (Å²) in [5.74, 6) is 0.944. The zero-order chi connectivity index (χ0) is 13.2. The molecule has 1 aromatic rings. The van der Waals surface area contributed by atoms with Crippen molar-refractivity contribution in [2.45, 2.75) is 39.3 Å². The monoisotopic (exact) mass is 250 g/mol. The fraction of sp³-hybridized carbons (Fsp3) is 0.692. The summed E-state index contributed by atoms with van der Waals surface area (Å²) in [5.41, 5.74) is 0.0178. The van der Waals surface area contributed by atoms with Crippen LogP contribution < -0.4 is 10.6 Å². The van der Waals surface area contributed by atoms with Gasteiger partial charge in [-0.2, -0.15) is 0 Å². The SMILES string of the molecule is Cn1ccnc1CNC(=O)C1NCCCC1(C)C. The fourth-order valence-electron chi connectivity index (χ4n) is 2.49. The normalized spacial score (nSPS) is 22.7. The van der Waals surface area contributed by atoms with Gasteiger partial charge in [-0.3, -0.25) is 4.79 Å². The third kappa shape index (κ3) is 2.72. The van der Waals surface area contributed by atoms with Crippen LogP contribution in [0.5, 0.6) is 0 Å². The van der Waals surface area contributed by atoms with Crippen LogP contribution in [-0.2, 0) is 18.4 Å². The number of nitrogens with one attached hydrogen (secondary N) is 2. The molecule has 2 heterocycles. The third-order valence-corrected chi connectivity index (χ3v) is 3.73. The van der Waals surface area contributed by atoms with E-state index in [0.717, 1.165) is 25.2 Å². The zero-order valence-corrected chi connectivity index (χ0v) is 11.4. The summed E-state index contributed by atoms with van der Waals surface area (Å²) in [5, 5.41) is 6.28. The van der Waals surface area contributed by atoms with Crippen molar-refractivity contribution in [2.24, 2.45) is 12.5 Å². The van der Waals surface area contributed by atoms with Crippen LogP contribution in [0.3, 0.4) is 0 Å². The Morgan fingerprint density at radius 1 is 1.67 bits per heavy atom. The summed E-state index contributed by atoms with van der Waals surface area (Å²) in [6, 6.07) is -0.105. The molecule has 1 aliphatic heterocycles. The number of carbonyl (C=O) groups is 1. The van der Waals surface area contributed by atoms with Crippen molar-refractivity contribution in [3.8, 4) is 0 Å². The van der Waals surface area contributed by atoms with Crippen molar-refractivity contribution in [3.05, 3.63) is 18.2 Å². The second-order valence-corrected chi connectivity index (χ2v) is 5.65. The molecule has 0 radical (unpaired) electrons. The number of amides is 1. The first-order chi connectivity index (χ1) is 8.50. The number of aromatic nitrogens is 2. The number of carbonyl (C=O) groups excluding carboxylic acids is 1. The average Bonchev–Trinajstić information content (AvgIpc) is 2.71. The molecule has 5 heteroatoms. The van der Waals surface area contributed by atoms with Gasteiger partial charge in [0.15, 0.2) is 0 Å². The molecule has 1 aliphatic rings. The average molecular weight is 250 g/mol. The highest BCUT2D eigenvalue weighted by Crippen LogP contribution is 2.30. The van der Waals surface area contributed by atoms with Crippen molar-refractivity contribution < 1.29 is 4.79 Å². The van der Waals surface area contributed by atoms with Crippen LogP contribution in [0, 0.1) is 5.41 Å². The number of nitrogens with zero attached hydrogens (tertiary/aromatic N) is 2. The summed E-state index contributed by atoms with van der Waals surface area (Å²) in [6.07, 6.45) is 5.84. The van der Waals surface area contributed by atoms with Crippen molar-refractivity contribution >= 4 is 5.91 Å². The Morgan fingerprint density at radius 3 is 3.06 bits per heavy atom. The number of hydrogen-bond acceptors (Lipinski definition) is 3. The largest absolute Gasteiger partial charge is 0.347 e. The molecule has 1 atom stereocenters. The molecule has 0 aromatic carbocycles. The van der Waals surface area contributed by atoms with E-state index in [9.17, 15) is 4.79 Å². The molecule has 1 saturated heterocycles. The van der Waals surface area contributed by atoms with Gasteiger partial charge in [-0.15, -0.1) is 0 Å². The maximum atomic E-state index is 12.2. The topological polar surface area (TPSA) is 59.0 Å². The van der Waals surface area contributed by atoms with Crippen LogP contribution in [0.4, 0.5) is 0 Å². The van der Waals surface area contributed by atoms with Gasteiger partial charge in [-0.25, -0.2) is 4.98 Å². The van der Waals surface area contributed by atoms with Crippen molar-refractivity contribution in [2.75, 3.05) is 6.54 Å². The molecule has 0 saturated carbocycles. The summed E-state index contributed by atoms with van der Waals surface area (Å²) in [4.78, 5) is 16.4. The number of rotatable bonds is 3. The number of hydrogen-bond donors (Lipinski definition) is 2. The minimum atomic E-state index is -0.105. The minimum absolute atomic E-state index is 0.0178. The molecule has 0 spiro atoms. The second kappa shape index (κ2) is 5.10. The smallest absolute Gasteiger partial charge is 0.238 e. The van der Waals surface area contributed by atoms with Crippen LogP contribution in [0.1, 0.15) is 32.5 Å². The lowest BCUT2D eigenvalue weighted by Crippen LogP contribution is -2.55. The predicted octanol–water partition coefficient (Wildman–Crippen LogP) is 0.814. The van der Waals surface area contributed by atoms with Gasteiger partial charge in [0.25, 0.3) is 0 Å². The predicted molar refractivity (Wildman–Crippen MR) is 69.9 cm³/mol. The molecule has 0 aliphatic carbocycles. The number of piperidine rings is 1. The molecule has 2 N–H and O–H groups in total. The lowest BCUT2D eigenvalue weighted by molar-refractivity contribution is -0.127. The highest BCUT2D eigenvalue weighted by Gasteiger charge is 2.36. The first-order valence-electron chi connectivity index (χ1n) is 6.48. The Labute approximate surface area is 108 Å². The summed E-state index contributed by atoms with van der Waals surface area (Å²) < 4.78 is 1.92. The van der Waals surface area contributed by atoms with Gasteiger partial charge in [0.2, 0.25) is 5.91 Å². The Hall–Kier alpha value is -1.36. The van der Waals surface area contributed by atoms with Gasteiger partial charge in [-0.1, -0.05) is 13.8 Å². The van der Waals surface area contributed by atoms with E-state index < -0.39 is 0 Å². The van der Waals surface area contributed by atoms with E-state index in [1.807, 2.05) is 17.8 Å². The van der Waals surface area contributed by atoms with Crippen LogP contribution >= 0.6 is 0 Å². The van der Waals surface area contributed by atoms with Gasteiger partial charge < -0.3 is 15.2 Å². The van der Waals surface area contributed by atoms with E-state index in [4.69, 9.17) is 0 Å². The van der Waals surface area contributed by atoms with Crippen molar-refractivity contribution in [1.29, 1.82) is 0 Å². The number of aryl methyl sites for hydroxylation is 1. The second-order valence-electron chi connectivity index (χ2n) is 5.65. The molecule has 1 amide bonds. The summed E-state index contributed by atoms with van der Waals surface area (Å²) in [6.45, 7) is 5.69. The van der Waals surface area contributed by atoms with Crippen LogP contribution in [0.15, 0.2) is 12.4 Å². The molecule has 100 valence electrons. The quantitative estimate of drug-likeness (QED) is 0.835. The molecule has 0 bridgehead atoms. The highest BCUT2D eigenvalue weighted by atomic mass is 16.2. The van der Waals surface area contributed by atoms with Gasteiger partial charge in [0.1, 0.15) is 5.82 Å². The van der Waals surface area contributed by atoms with E-state index in [1.54, 1.807) is 6.20 Å². The van der Waals surface area contributed by atoms with Crippen LogP contribution in [-0.4, -0.2) is 28.0 Å². The standard InChI is InChI=1S/C13H22N4O/c1-13(2)5-4-6-15-11(13)12(18)16-9-10-14-7-8-17(10)3/h7-8,11,15H,4-6,9H2,1-3H3,(H,16,18). The van der Waals surface area contributed by atoms with Crippen molar-refractivity contribution in [3.63, 3.8) is 0 Å². The van der Waals surface area contributed by atoms with Crippen molar-refractivity contribution in [1.82, 2.24) is 20.2 Å². The lowest BCUT2D eigenvalue weighted by Gasteiger charge is -2.38. The minimum Gasteiger partial charge on any atom is -0.347 e. The van der Waals surface area contributed by atoms with E-state index in [1.165, 1.54) is 0 Å². The molecule has 5 nitrogen and oxygen atoms in total. The Morgan fingerprint density at radius 2 is 2.44 bits per heavy atom. The van der Waals surface area contributed by atoms with Gasteiger partial charge >= 0.3 is 0 Å². The Kier molecular flexibility index (Phi) is 3.71. The molecule has 18 heavy (non-hydrogen) atoms. The van der Waals surface area contributed by atoms with E-state index in [-0.39, 0.29) is 17.4 Å². The Balaban J connectivity index is 1.93. The highest BCUT2D eigenvalue weighted by molar-refractivity contribution is 5.82. The Bertz CT molecular complexity index is 424. The molecular formula is C13H22N4O. The third-order valence-electron chi connectivity index (χ3n) is 3.73. The lowest BCUT2D eigenvalue weighted by atomic mass is 9.77. The molecule has 1 fully saturated rings. The zero-order valence-electron chi connectivity index (χ0n) is 11.4. The molecule has 1 aromatic heterocycles. The summed E-state index contributed by atoms with van der Waals surface area (Å²) >= 11 is 0. The van der Waals surface area contributed by atoms with Gasteiger partial charge in [0, 0.05) is 19.4 Å². The maximum absolute atomic E-state index is 12.2. The van der Waals surface area contributed by atoms with E-state index >= 15 is 0 Å². The van der Waals surface area contributed by atoms with Crippen LogP contribution in [0.25, 0.3) is 0 Å². The van der Waals surface area contributed by atoms with Crippen LogP contribution in [0.2, 0.25) is 0 Å². The molecule has 2 rings (SSSR count). The first-order valence-corrected chi connectivity index (χ1v) is 6.48. The summed E-state index contributed by atoms with van der Waals surface area (Å²) in [7, 11) is 1.93. The van der Waals surface area contributed by atoms with E-state index in [0.29, 0.717) is 6.54 Å². The van der Waals surface area contributed by atoms with Gasteiger partial charge in [0.05, 0.1) is 12.6 Å². The number of imidazole rings is 1. The van der Waals surface area contributed by atoms with Gasteiger partial charge in [-0.05, 0) is 24.8 Å². The molecular weight excluding hydrogens is 228 g/mol. The molecule has 1 unspecified atom stereocenters.